The molecule has 0 bridgehead atoms. The first-order chi connectivity index (χ1) is 13.7. The predicted molar refractivity (Wildman–Crippen MR) is 108 cm³/mol. The SMILES string of the molecule is CCOC(=O)N1CCC(Nc2nccc(NCc3ccc(OC)cc3)n2)CC1. The van der Waals surface area contributed by atoms with Crippen LogP contribution in [0.3, 0.4) is 0 Å². The number of anilines is 2. The number of nitrogens with zero attached hydrogens (tertiary/aromatic N) is 3. The van der Waals surface area contributed by atoms with Crippen LogP contribution in [0.15, 0.2) is 36.5 Å². The monoisotopic (exact) mass is 385 g/mol. The summed E-state index contributed by atoms with van der Waals surface area (Å²) in [7, 11) is 1.66. The fourth-order valence-corrected chi connectivity index (χ4v) is 3.07. The van der Waals surface area contributed by atoms with Crippen molar-refractivity contribution in [3.63, 3.8) is 0 Å². The van der Waals surface area contributed by atoms with Crippen LogP contribution >= 0.6 is 0 Å². The number of hydrogen-bond donors (Lipinski definition) is 2. The van der Waals surface area contributed by atoms with Gasteiger partial charge in [0, 0.05) is 31.9 Å². The Balaban J connectivity index is 1.49. The van der Waals surface area contributed by atoms with E-state index in [2.05, 4.69) is 20.6 Å². The van der Waals surface area contributed by atoms with Gasteiger partial charge in [0.2, 0.25) is 5.95 Å². The van der Waals surface area contributed by atoms with Crippen molar-refractivity contribution in [1.29, 1.82) is 0 Å². The fraction of sp³-hybridized carbons (Fsp3) is 0.450. The van der Waals surface area contributed by atoms with Gasteiger partial charge in [-0.25, -0.2) is 9.78 Å². The van der Waals surface area contributed by atoms with E-state index in [1.807, 2.05) is 37.3 Å². The van der Waals surface area contributed by atoms with Crippen LogP contribution in [-0.2, 0) is 11.3 Å². The van der Waals surface area contributed by atoms with Crippen molar-refractivity contribution in [2.24, 2.45) is 0 Å². The van der Waals surface area contributed by atoms with Gasteiger partial charge in [-0.1, -0.05) is 12.1 Å². The number of piperidine rings is 1. The zero-order chi connectivity index (χ0) is 19.8. The van der Waals surface area contributed by atoms with E-state index in [1.165, 1.54) is 0 Å². The van der Waals surface area contributed by atoms with E-state index in [9.17, 15) is 4.79 Å². The molecule has 1 saturated heterocycles. The van der Waals surface area contributed by atoms with Gasteiger partial charge in [-0.05, 0) is 43.5 Å². The van der Waals surface area contributed by atoms with Crippen LogP contribution in [-0.4, -0.2) is 53.8 Å². The van der Waals surface area contributed by atoms with Gasteiger partial charge in [0.25, 0.3) is 0 Å². The Bertz CT molecular complexity index is 761. The molecule has 28 heavy (non-hydrogen) atoms. The molecule has 1 aliphatic rings. The van der Waals surface area contributed by atoms with Crippen molar-refractivity contribution in [3.8, 4) is 5.75 Å². The first-order valence-corrected chi connectivity index (χ1v) is 9.56. The van der Waals surface area contributed by atoms with Gasteiger partial charge in [0.05, 0.1) is 13.7 Å². The van der Waals surface area contributed by atoms with Gasteiger partial charge in [-0.2, -0.15) is 4.98 Å². The van der Waals surface area contributed by atoms with Crippen LogP contribution in [0.4, 0.5) is 16.6 Å². The second-order valence-corrected chi connectivity index (χ2v) is 6.57. The quantitative estimate of drug-likeness (QED) is 0.757. The molecule has 1 aliphatic heterocycles. The van der Waals surface area contributed by atoms with E-state index in [1.54, 1.807) is 18.2 Å². The topological polar surface area (TPSA) is 88.6 Å². The summed E-state index contributed by atoms with van der Waals surface area (Å²) in [5.74, 6) is 2.19. The molecule has 3 rings (SSSR count). The Kier molecular flexibility index (Phi) is 6.89. The standard InChI is InChI=1S/C20H27N5O3/c1-3-28-20(26)25-12-9-16(10-13-25)23-19-21-11-8-18(24-19)22-14-15-4-6-17(27-2)7-5-15/h4-8,11,16H,3,9-10,12-14H2,1-2H3,(H2,21,22,23,24). The van der Waals surface area contributed by atoms with Crippen molar-refractivity contribution < 1.29 is 14.3 Å². The van der Waals surface area contributed by atoms with E-state index >= 15 is 0 Å². The lowest BCUT2D eigenvalue weighted by molar-refractivity contribution is 0.0983. The molecule has 0 atom stereocenters. The molecule has 150 valence electrons. The number of hydrogen-bond acceptors (Lipinski definition) is 7. The van der Waals surface area contributed by atoms with Crippen LogP contribution in [0, 0.1) is 0 Å². The van der Waals surface area contributed by atoms with E-state index < -0.39 is 0 Å². The molecular formula is C20H27N5O3. The number of rotatable bonds is 7. The van der Waals surface area contributed by atoms with Crippen molar-refractivity contribution in [2.45, 2.75) is 32.4 Å². The summed E-state index contributed by atoms with van der Waals surface area (Å²) in [5.41, 5.74) is 1.14. The maximum absolute atomic E-state index is 11.8. The van der Waals surface area contributed by atoms with Gasteiger partial charge in [0.1, 0.15) is 11.6 Å². The molecule has 8 heteroatoms. The lowest BCUT2D eigenvalue weighted by Gasteiger charge is -2.31. The molecule has 0 spiro atoms. The Morgan fingerprint density at radius 3 is 2.64 bits per heavy atom. The van der Waals surface area contributed by atoms with Gasteiger partial charge in [-0.15, -0.1) is 0 Å². The Morgan fingerprint density at radius 1 is 1.21 bits per heavy atom. The number of carbonyl (C=O) groups is 1. The Labute approximate surface area is 165 Å². The lowest BCUT2D eigenvalue weighted by Crippen LogP contribution is -2.42. The summed E-state index contributed by atoms with van der Waals surface area (Å²) >= 11 is 0. The molecule has 2 N–H and O–H groups in total. The normalized spacial score (nSPS) is 14.4. The van der Waals surface area contributed by atoms with Gasteiger partial charge in [0.15, 0.2) is 0 Å². The fourth-order valence-electron chi connectivity index (χ4n) is 3.07. The highest BCUT2D eigenvalue weighted by molar-refractivity contribution is 5.67. The lowest BCUT2D eigenvalue weighted by atomic mass is 10.1. The molecule has 8 nitrogen and oxygen atoms in total. The molecule has 1 fully saturated rings. The van der Waals surface area contributed by atoms with E-state index in [-0.39, 0.29) is 12.1 Å². The molecule has 0 saturated carbocycles. The first kappa shape index (κ1) is 19.7. The number of carbonyl (C=O) groups excluding carboxylic acids is 1. The molecule has 1 aromatic heterocycles. The Morgan fingerprint density at radius 2 is 1.96 bits per heavy atom. The van der Waals surface area contributed by atoms with Crippen LogP contribution in [0.2, 0.25) is 0 Å². The summed E-state index contributed by atoms with van der Waals surface area (Å²) in [6.45, 7) is 4.23. The molecule has 2 heterocycles. The summed E-state index contributed by atoms with van der Waals surface area (Å²) in [4.78, 5) is 22.4. The third-order valence-corrected chi connectivity index (χ3v) is 4.64. The molecule has 1 aromatic carbocycles. The molecule has 0 aliphatic carbocycles. The van der Waals surface area contributed by atoms with E-state index in [0.717, 1.165) is 30.0 Å². The smallest absolute Gasteiger partial charge is 0.409 e. The first-order valence-electron chi connectivity index (χ1n) is 9.56. The second-order valence-electron chi connectivity index (χ2n) is 6.57. The number of methoxy groups -OCH3 is 1. The van der Waals surface area contributed by atoms with Crippen LogP contribution in [0.1, 0.15) is 25.3 Å². The van der Waals surface area contributed by atoms with Crippen molar-refractivity contribution in [1.82, 2.24) is 14.9 Å². The number of aromatic nitrogens is 2. The van der Waals surface area contributed by atoms with E-state index in [0.29, 0.717) is 32.2 Å². The Hall–Kier alpha value is -3.03. The van der Waals surface area contributed by atoms with Gasteiger partial charge < -0.3 is 25.0 Å². The summed E-state index contributed by atoms with van der Waals surface area (Å²) in [5, 5.41) is 6.68. The number of benzene rings is 1. The molecule has 1 amide bonds. The average molecular weight is 385 g/mol. The van der Waals surface area contributed by atoms with E-state index in [4.69, 9.17) is 9.47 Å². The zero-order valence-electron chi connectivity index (χ0n) is 16.4. The molecule has 0 unspecified atom stereocenters. The minimum Gasteiger partial charge on any atom is -0.497 e. The summed E-state index contributed by atoms with van der Waals surface area (Å²) < 4.78 is 10.2. The third kappa shape index (κ3) is 5.48. The van der Waals surface area contributed by atoms with Gasteiger partial charge >= 0.3 is 6.09 Å². The van der Waals surface area contributed by atoms with Crippen LogP contribution < -0.4 is 15.4 Å². The molecular weight excluding hydrogens is 358 g/mol. The highest BCUT2D eigenvalue weighted by Gasteiger charge is 2.23. The summed E-state index contributed by atoms with van der Waals surface area (Å²) in [6.07, 6.45) is 3.18. The largest absolute Gasteiger partial charge is 0.497 e. The third-order valence-electron chi connectivity index (χ3n) is 4.64. The number of ether oxygens (including phenoxy) is 2. The maximum Gasteiger partial charge on any atom is 0.409 e. The second kappa shape index (κ2) is 9.77. The summed E-state index contributed by atoms with van der Waals surface area (Å²) in [6, 6.07) is 9.99. The molecule has 2 aromatic rings. The minimum absolute atomic E-state index is 0.234. The molecule has 0 radical (unpaired) electrons. The predicted octanol–water partition coefficient (Wildman–Crippen LogP) is 3.13. The number of amides is 1. The highest BCUT2D eigenvalue weighted by atomic mass is 16.6. The van der Waals surface area contributed by atoms with Crippen molar-refractivity contribution in [3.05, 3.63) is 42.1 Å². The maximum atomic E-state index is 11.8. The zero-order valence-corrected chi connectivity index (χ0v) is 16.4. The number of nitrogens with one attached hydrogen (secondary N) is 2. The highest BCUT2D eigenvalue weighted by Crippen LogP contribution is 2.17. The minimum atomic E-state index is -0.234. The number of likely N-dealkylation sites (tertiary alicyclic amines) is 1. The average Bonchev–Trinajstić information content (AvgIpc) is 2.73. The van der Waals surface area contributed by atoms with Crippen LogP contribution in [0.5, 0.6) is 5.75 Å². The van der Waals surface area contributed by atoms with Crippen molar-refractivity contribution >= 4 is 17.9 Å². The van der Waals surface area contributed by atoms with Crippen molar-refractivity contribution in [2.75, 3.05) is 37.4 Å². The van der Waals surface area contributed by atoms with Gasteiger partial charge in [-0.3, -0.25) is 0 Å². The van der Waals surface area contributed by atoms with Crippen LogP contribution in [0.25, 0.3) is 0 Å².